The predicted molar refractivity (Wildman–Crippen MR) is 51.6 cm³/mol. The summed E-state index contributed by atoms with van der Waals surface area (Å²) < 4.78 is 1.23. The Morgan fingerprint density at radius 3 is 1.67 bits per heavy atom. The van der Waals surface area contributed by atoms with Crippen LogP contribution in [-0.4, -0.2) is 30.7 Å². The standard InChI is InChI=1S/C10H22N.ClH/c1-5-9-10-11(6-2,7-3)8-4;/h5,9H,6-8,10H2,1-4H3;1H/q+1;/p-1. The van der Waals surface area contributed by atoms with E-state index in [1.807, 2.05) is 0 Å². The van der Waals surface area contributed by atoms with E-state index in [9.17, 15) is 0 Å². The normalized spacial score (nSPS) is 11.7. The maximum absolute atomic E-state index is 2.27. The van der Waals surface area contributed by atoms with Gasteiger partial charge in [0.1, 0.15) is 0 Å². The molecule has 0 radical (unpaired) electrons. The van der Waals surface area contributed by atoms with Gasteiger partial charge in [0.05, 0.1) is 26.2 Å². The third-order valence-corrected chi connectivity index (χ3v) is 2.74. The summed E-state index contributed by atoms with van der Waals surface area (Å²) in [5.74, 6) is 0. The van der Waals surface area contributed by atoms with E-state index in [2.05, 4.69) is 39.8 Å². The minimum absolute atomic E-state index is 0. The highest BCUT2D eigenvalue weighted by atomic mass is 35.5. The number of allylic oxidation sites excluding steroid dienone is 1. The van der Waals surface area contributed by atoms with E-state index >= 15 is 0 Å². The monoisotopic (exact) mass is 191 g/mol. The largest absolute Gasteiger partial charge is 1.00 e. The minimum Gasteiger partial charge on any atom is -1.00 e. The molecule has 0 amide bonds. The van der Waals surface area contributed by atoms with E-state index in [0.717, 1.165) is 0 Å². The number of nitrogens with zero attached hydrogens (tertiary/aromatic N) is 1. The summed E-state index contributed by atoms with van der Waals surface area (Å²) in [6, 6.07) is 0. The van der Waals surface area contributed by atoms with Gasteiger partial charge in [-0.15, -0.1) is 0 Å². The number of likely N-dealkylation sites (N-methyl/N-ethyl adjacent to an activating group) is 1. The van der Waals surface area contributed by atoms with Crippen LogP contribution in [0.2, 0.25) is 0 Å². The molecule has 0 saturated heterocycles. The SMILES string of the molecule is CC=CC[N+](CC)(CC)CC.[Cl-]. The van der Waals surface area contributed by atoms with Gasteiger partial charge in [-0.05, 0) is 33.8 Å². The second-order valence-electron chi connectivity index (χ2n) is 3.04. The molecular formula is C10H22ClN. The van der Waals surface area contributed by atoms with Crippen LogP contribution >= 0.6 is 0 Å². The van der Waals surface area contributed by atoms with Gasteiger partial charge in [-0.25, -0.2) is 0 Å². The van der Waals surface area contributed by atoms with Crippen molar-refractivity contribution in [2.24, 2.45) is 0 Å². The molecule has 0 heterocycles. The van der Waals surface area contributed by atoms with Crippen LogP contribution < -0.4 is 12.4 Å². The fraction of sp³-hybridized carbons (Fsp3) is 0.800. The molecule has 0 aliphatic rings. The molecular weight excluding hydrogens is 170 g/mol. The van der Waals surface area contributed by atoms with Gasteiger partial charge >= 0.3 is 0 Å². The Hall–Kier alpha value is -0.0100. The van der Waals surface area contributed by atoms with Crippen molar-refractivity contribution < 1.29 is 16.9 Å². The zero-order valence-electron chi connectivity index (χ0n) is 8.81. The third-order valence-electron chi connectivity index (χ3n) is 2.74. The molecule has 2 heteroatoms. The molecule has 0 N–H and O–H groups in total. The summed E-state index contributed by atoms with van der Waals surface area (Å²) >= 11 is 0. The van der Waals surface area contributed by atoms with E-state index in [-0.39, 0.29) is 12.4 Å². The molecule has 1 nitrogen and oxygen atoms in total. The second-order valence-corrected chi connectivity index (χ2v) is 3.04. The summed E-state index contributed by atoms with van der Waals surface area (Å²) in [4.78, 5) is 0. The minimum atomic E-state index is 0. The Morgan fingerprint density at radius 2 is 1.42 bits per heavy atom. The number of quaternary nitrogens is 1. The van der Waals surface area contributed by atoms with E-state index in [1.165, 1.54) is 30.7 Å². The summed E-state index contributed by atoms with van der Waals surface area (Å²) in [6.45, 7) is 13.9. The lowest BCUT2D eigenvalue weighted by Crippen LogP contribution is -3.00. The van der Waals surface area contributed by atoms with E-state index in [0.29, 0.717) is 0 Å². The Labute approximate surface area is 83.5 Å². The molecule has 0 unspecified atom stereocenters. The van der Waals surface area contributed by atoms with Gasteiger partial charge in [-0.1, -0.05) is 6.08 Å². The molecule has 0 fully saturated rings. The van der Waals surface area contributed by atoms with Gasteiger partial charge in [0, 0.05) is 0 Å². The van der Waals surface area contributed by atoms with Crippen LogP contribution in [0.15, 0.2) is 12.2 Å². The highest BCUT2D eigenvalue weighted by Gasteiger charge is 2.17. The first kappa shape index (κ1) is 14.5. The maximum atomic E-state index is 2.27. The molecule has 0 atom stereocenters. The quantitative estimate of drug-likeness (QED) is 0.404. The first-order valence-electron chi connectivity index (χ1n) is 4.71. The molecule has 74 valence electrons. The summed E-state index contributed by atoms with van der Waals surface area (Å²) in [7, 11) is 0. The molecule has 0 rings (SSSR count). The number of halogens is 1. The van der Waals surface area contributed by atoms with Crippen LogP contribution in [0, 0.1) is 0 Å². The maximum Gasteiger partial charge on any atom is 0.0973 e. The average Bonchev–Trinajstić information content (AvgIpc) is 2.08. The van der Waals surface area contributed by atoms with Crippen molar-refractivity contribution in [3.8, 4) is 0 Å². The predicted octanol–water partition coefficient (Wildman–Crippen LogP) is -0.557. The lowest BCUT2D eigenvalue weighted by atomic mass is 10.3. The molecule has 0 spiro atoms. The van der Waals surface area contributed by atoms with Crippen molar-refractivity contribution in [3.63, 3.8) is 0 Å². The smallest absolute Gasteiger partial charge is 0.0973 e. The molecule has 0 aromatic heterocycles. The summed E-state index contributed by atoms with van der Waals surface area (Å²) in [5.41, 5.74) is 0. The number of hydrogen-bond acceptors (Lipinski definition) is 0. The van der Waals surface area contributed by atoms with Crippen LogP contribution in [0.4, 0.5) is 0 Å². The Morgan fingerprint density at radius 1 is 1.00 bits per heavy atom. The van der Waals surface area contributed by atoms with Crippen molar-refractivity contribution in [1.82, 2.24) is 0 Å². The summed E-state index contributed by atoms with van der Waals surface area (Å²) in [5, 5.41) is 0. The highest BCUT2D eigenvalue weighted by Crippen LogP contribution is 2.05. The topological polar surface area (TPSA) is 0 Å². The van der Waals surface area contributed by atoms with Crippen molar-refractivity contribution >= 4 is 0 Å². The van der Waals surface area contributed by atoms with Crippen LogP contribution in [0.1, 0.15) is 27.7 Å². The zero-order valence-corrected chi connectivity index (χ0v) is 9.56. The van der Waals surface area contributed by atoms with E-state index < -0.39 is 0 Å². The summed E-state index contributed by atoms with van der Waals surface area (Å²) in [6.07, 6.45) is 4.42. The van der Waals surface area contributed by atoms with Gasteiger partial charge in [0.25, 0.3) is 0 Å². The average molecular weight is 192 g/mol. The number of hydrogen-bond donors (Lipinski definition) is 0. The van der Waals surface area contributed by atoms with Crippen molar-refractivity contribution in [2.75, 3.05) is 26.2 Å². The molecule has 0 aromatic rings. The van der Waals surface area contributed by atoms with Gasteiger partial charge in [0.15, 0.2) is 0 Å². The van der Waals surface area contributed by atoms with Gasteiger partial charge in [-0.2, -0.15) is 0 Å². The lowest BCUT2D eigenvalue weighted by Gasteiger charge is -2.34. The van der Waals surface area contributed by atoms with E-state index in [4.69, 9.17) is 0 Å². The first-order chi connectivity index (χ1) is 5.24. The Kier molecular flexibility index (Phi) is 9.23. The van der Waals surface area contributed by atoms with Crippen molar-refractivity contribution in [2.45, 2.75) is 27.7 Å². The third kappa shape index (κ3) is 4.13. The Balaban J connectivity index is 0. The fourth-order valence-electron chi connectivity index (χ4n) is 1.39. The van der Waals surface area contributed by atoms with Gasteiger partial charge < -0.3 is 16.9 Å². The fourth-order valence-corrected chi connectivity index (χ4v) is 1.39. The van der Waals surface area contributed by atoms with Crippen LogP contribution in [0.25, 0.3) is 0 Å². The lowest BCUT2D eigenvalue weighted by molar-refractivity contribution is -0.917. The Bertz CT molecular complexity index is 109. The van der Waals surface area contributed by atoms with Gasteiger partial charge in [0.2, 0.25) is 0 Å². The molecule has 0 bridgehead atoms. The highest BCUT2D eigenvalue weighted by molar-refractivity contribution is 4.76. The van der Waals surface area contributed by atoms with Crippen LogP contribution in [0.5, 0.6) is 0 Å². The van der Waals surface area contributed by atoms with Crippen molar-refractivity contribution in [1.29, 1.82) is 0 Å². The van der Waals surface area contributed by atoms with Crippen LogP contribution in [-0.2, 0) is 0 Å². The first-order valence-corrected chi connectivity index (χ1v) is 4.71. The zero-order chi connectivity index (χ0) is 8.74. The molecule has 0 aromatic carbocycles. The van der Waals surface area contributed by atoms with Gasteiger partial charge in [-0.3, -0.25) is 0 Å². The molecule has 12 heavy (non-hydrogen) atoms. The molecule has 0 aliphatic heterocycles. The van der Waals surface area contributed by atoms with E-state index in [1.54, 1.807) is 0 Å². The number of rotatable bonds is 5. The van der Waals surface area contributed by atoms with Crippen LogP contribution in [0.3, 0.4) is 0 Å². The molecule has 0 saturated carbocycles. The molecule has 0 aliphatic carbocycles. The second kappa shape index (κ2) is 7.63. The van der Waals surface area contributed by atoms with Crippen molar-refractivity contribution in [3.05, 3.63) is 12.2 Å².